The van der Waals surface area contributed by atoms with Crippen molar-refractivity contribution in [3.63, 3.8) is 0 Å². The molecule has 1 aromatic rings. The lowest BCUT2D eigenvalue weighted by molar-refractivity contribution is -0.137. The first-order valence-corrected chi connectivity index (χ1v) is 4.40. The minimum atomic E-state index is -0.973. The molecule has 1 rings (SSSR count). The van der Waals surface area contributed by atoms with Crippen LogP contribution < -0.4 is 0 Å². The van der Waals surface area contributed by atoms with Gasteiger partial charge in [-0.2, -0.15) is 4.79 Å². The van der Waals surface area contributed by atoms with Crippen molar-refractivity contribution >= 4 is 26.9 Å². The first-order valence-electron chi connectivity index (χ1n) is 3.88. The summed E-state index contributed by atoms with van der Waals surface area (Å²) in [5.41, 5.74) is 8.11. The average Bonchev–Trinajstić information content (AvgIpc) is 2.65. The van der Waals surface area contributed by atoms with Gasteiger partial charge in [-0.1, -0.05) is 0 Å². The number of ketones is 1. The lowest BCUT2D eigenvalue weighted by atomic mass is 10.1. The number of Topliss-reactive ketones (excluding diaryl/α,β-unsaturated/α-hetero) is 1. The van der Waals surface area contributed by atoms with Crippen molar-refractivity contribution in [2.75, 3.05) is 7.11 Å². The molecule has 7 heteroatoms. The highest BCUT2D eigenvalue weighted by Gasteiger charge is 2.31. The number of nitrogens with zero attached hydrogens (tertiary/aromatic N) is 3. The summed E-state index contributed by atoms with van der Waals surface area (Å²) in [6, 6.07) is 1.49. The van der Waals surface area contributed by atoms with Crippen LogP contribution in [0.3, 0.4) is 0 Å². The highest BCUT2D eigenvalue weighted by atomic mass is 31.0. The summed E-state index contributed by atoms with van der Waals surface area (Å²) in [7, 11) is 3.42. The van der Waals surface area contributed by atoms with Crippen LogP contribution in [0.15, 0.2) is 18.5 Å². The summed E-state index contributed by atoms with van der Waals surface area (Å²) in [4.78, 5) is 25.2. The first kappa shape index (κ1) is 11.3. The largest absolute Gasteiger partial charge is 0.460 e. The van der Waals surface area contributed by atoms with Crippen LogP contribution in [0.5, 0.6) is 0 Å². The number of methoxy groups -OCH3 is 1. The van der Waals surface area contributed by atoms with E-state index < -0.39 is 17.5 Å². The zero-order chi connectivity index (χ0) is 11.4. The monoisotopic (exact) mass is 225 g/mol. The molecule has 0 bridgehead atoms. The molecule has 1 aromatic heterocycles. The van der Waals surface area contributed by atoms with E-state index >= 15 is 0 Å². The van der Waals surface area contributed by atoms with E-state index in [0.717, 1.165) is 7.11 Å². The molecule has 0 spiro atoms. The molecule has 0 saturated carbocycles. The SMILES string of the molecule is COC(=O)C(=[N+]=[N-])C(=O)c1ccn(P)c1. The van der Waals surface area contributed by atoms with E-state index in [0.29, 0.717) is 0 Å². The summed E-state index contributed by atoms with van der Waals surface area (Å²) < 4.78 is 5.85. The molecular formula is C8H8N3O3P. The predicted octanol–water partition coefficient (Wildman–Crippen LogP) is 0.153. The zero-order valence-corrected chi connectivity index (χ0v) is 9.03. The molecule has 0 radical (unpaired) electrons. The number of carbonyl (C=O) groups is 2. The van der Waals surface area contributed by atoms with E-state index in [1.54, 1.807) is 10.5 Å². The van der Waals surface area contributed by atoms with Crippen LogP contribution in [-0.2, 0) is 9.53 Å². The molecular weight excluding hydrogens is 217 g/mol. The Bertz CT molecular complexity index is 459. The van der Waals surface area contributed by atoms with E-state index in [1.165, 1.54) is 12.3 Å². The van der Waals surface area contributed by atoms with Crippen LogP contribution >= 0.6 is 9.39 Å². The van der Waals surface area contributed by atoms with Gasteiger partial charge in [-0.05, 0) is 15.5 Å². The highest BCUT2D eigenvalue weighted by molar-refractivity contribution is 7.14. The van der Waals surface area contributed by atoms with Crippen molar-refractivity contribution in [3.05, 3.63) is 29.6 Å². The van der Waals surface area contributed by atoms with Gasteiger partial charge in [0.15, 0.2) is 0 Å². The van der Waals surface area contributed by atoms with Gasteiger partial charge >= 0.3 is 11.7 Å². The van der Waals surface area contributed by atoms with Crippen LogP contribution in [0.1, 0.15) is 10.4 Å². The van der Waals surface area contributed by atoms with E-state index in [4.69, 9.17) is 5.53 Å². The van der Waals surface area contributed by atoms with E-state index in [1.807, 2.05) is 0 Å². The van der Waals surface area contributed by atoms with Crippen molar-refractivity contribution in [1.29, 1.82) is 0 Å². The zero-order valence-electron chi connectivity index (χ0n) is 7.88. The lowest BCUT2D eigenvalue weighted by Crippen LogP contribution is -2.26. The van der Waals surface area contributed by atoms with Crippen LogP contribution in [0, 0.1) is 0 Å². The second-order valence-electron chi connectivity index (χ2n) is 2.62. The number of hydrogen-bond donors (Lipinski definition) is 0. The van der Waals surface area contributed by atoms with Crippen molar-refractivity contribution < 1.29 is 19.1 Å². The van der Waals surface area contributed by atoms with Crippen LogP contribution in [0.4, 0.5) is 0 Å². The Balaban J connectivity index is 3.03. The molecule has 0 aromatic carbocycles. The minimum absolute atomic E-state index is 0.239. The smallest absolute Gasteiger partial charge is 0.446 e. The average molecular weight is 225 g/mol. The van der Waals surface area contributed by atoms with Gasteiger partial charge in [0.1, 0.15) is 0 Å². The van der Waals surface area contributed by atoms with Gasteiger partial charge in [-0.25, -0.2) is 4.79 Å². The third-order valence-corrected chi connectivity index (χ3v) is 1.99. The van der Waals surface area contributed by atoms with Gasteiger partial charge < -0.3 is 14.6 Å². The Morgan fingerprint density at radius 2 is 2.27 bits per heavy atom. The Kier molecular flexibility index (Phi) is 3.50. The van der Waals surface area contributed by atoms with Crippen LogP contribution in [-0.4, -0.2) is 33.7 Å². The standard InChI is InChI=1S/C8H8N3O3P/c1-14-8(13)6(10-9)7(12)5-2-3-11(15)4-5/h2-4H,15H2,1H3. The van der Waals surface area contributed by atoms with Gasteiger partial charge in [-0.3, -0.25) is 4.79 Å². The lowest BCUT2D eigenvalue weighted by Gasteiger charge is -1.92. The summed E-state index contributed by atoms with van der Waals surface area (Å²) in [6.45, 7) is 0. The number of carbonyl (C=O) groups excluding carboxylic acids is 2. The van der Waals surface area contributed by atoms with Crippen molar-refractivity contribution in [1.82, 2.24) is 4.34 Å². The van der Waals surface area contributed by atoms with Gasteiger partial charge in [0, 0.05) is 18.0 Å². The van der Waals surface area contributed by atoms with E-state index in [2.05, 4.69) is 18.9 Å². The van der Waals surface area contributed by atoms with Gasteiger partial charge in [0.25, 0.3) is 5.78 Å². The second-order valence-corrected chi connectivity index (χ2v) is 3.21. The fourth-order valence-corrected chi connectivity index (χ4v) is 1.21. The van der Waals surface area contributed by atoms with E-state index in [9.17, 15) is 9.59 Å². The fraction of sp³-hybridized carbons (Fsp3) is 0.125. The number of ether oxygens (including phenoxy) is 1. The number of rotatable bonds is 3. The summed E-state index contributed by atoms with van der Waals surface area (Å²) in [5.74, 6) is -1.66. The molecule has 1 heterocycles. The van der Waals surface area contributed by atoms with Crippen molar-refractivity contribution in [3.8, 4) is 0 Å². The summed E-state index contributed by atoms with van der Waals surface area (Å²) in [6.07, 6.45) is 3.07. The third kappa shape index (κ3) is 2.37. The molecule has 1 unspecified atom stereocenters. The van der Waals surface area contributed by atoms with Gasteiger partial charge in [-0.15, -0.1) is 0 Å². The maximum atomic E-state index is 11.6. The van der Waals surface area contributed by atoms with Crippen molar-refractivity contribution in [2.45, 2.75) is 0 Å². The molecule has 0 aliphatic rings. The number of aromatic nitrogens is 1. The minimum Gasteiger partial charge on any atom is -0.460 e. The molecule has 0 aliphatic carbocycles. The summed E-state index contributed by atoms with van der Waals surface area (Å²) >= 11 is 0. The molecule has 1 atom stereocenters. The molecule has 78 valence electrons. The second kappa shape index (κ2) is 4.64. The quantitative estimate of drug-likeness (QED) is 0.139. The predicted molar refractivity (Wildman–Crippen MR) is 54.5 cm³/mol. The fourth-order valence-electron chi connectivity index (χ4n) is 0.960. The molecule has 0 amide bonds. The normalized spacial score (nSPS) is 9.20. The number of esters is 1. The Hall–Kier alpha value is -1.77. The molecule has 0 N–H and O–H groups in total. The van der Waals surface area contributed by atoms with Crippen LogP contribution in [0.2, 0.25) is 0 Å². The van der Waals surface area contributed by atoms with Gasteiger partial charge in [0.05, 0.1) is 7.11 Å². The first-order chi connectivity index (χ1) is 7.10. The third-order valence-electron chi connectivity index (χ3n) is 1.67. The Labute approximate surface area is 87.7 Å². The highest BCUT2D eigenvalue weighted by Crippen LogP contribution is 2.06. The molecule has 0 fully saturated rings. The van der Waals surface area contributed by atoms with E-state index in [-0.39, 0.29) is 5.56 Å². The number of hydrogen-bond acceptors (Lipinski definition) is 3. The Morgan fingerprint density at radius 3 is 2.67 bits per heavy atom. The summed E-state index contributed by atoms with van der Waals surface area (Å²) in [5, 5.41) is 0. The maximum Gasteiger partial charge on any atom is 0.446 e. The molecule has 0 saturated heterocycles. The Morgan fingerprint density at radius 1 is 1.60 bits per heavy atom. The molecule has 15 heavy (non-hydrogen) atoms. The molecule has 6 nitrogen and oxygen atoms in total. The van der Waals surface area contributed by atoms with Crippen molar-refractivity contribution in [2.24, 2.45) is 0 Å². The van der Waals surface area contributed by atoms with Crippen LogP contribution in [0.25, 0.3) is 5.53 Å². The topological polar surface area (TPSA) is 84.7 Å². The maximum absolute atomic E-state index is 11.6. The van der Waals surface area contributed by atoms with Gasteiger partial charge in [0.2, 0.25) is 0 Å². The molecule has 0 aliphatic heterocycles.